The van der Waals surface area contributed by atoms with Crippen molar-refractivity contribution in [2.24, 2.45) is 0 Å². The molecule has 12 rings (SSSR count). The van der Waals surface area contributed by atoms with Gasteiger partial charge in [-0.05, 0) is 117 Å². The van der Waals surface area contributed by atoms with Gasteiger partial charge in [0.05, 0.1) is 0 Å². The molecule has 2 heterocycles. The molecule has 2 aliphatic carbocycles. The summed E-state index contributed by atoms with van der Waals surface area (Å²) in [5.74, 6) is 5.94. The van der Waals surface area contributed by atoms with Crippen LogP contribution in [0.25, 0.3) is 33.4 Å². The zero-order chi connectivity index (χ0) is 39.6. The van der Waals surface area contributed by atoms with Crippen LogP contribution in [0.2, 0.25) is 0 Å². The van der Waals surface area contributed by atoms with Crippen molar-refractivity contribution in [1.29, 1.82) is 0 Å². The third kappa shape index (κ3) is 4.91. The molecule has 0 saturated heterocycles. The normalized spacial score (nSPS) is 14.9. The quantitative estimate of drug-likeness (QED) is 0.178. The molecule has 5 heteroatoms. The molecule has 0 bridgehead atoms. The molecule has 0 amide bonds. The van der Waals surface area contributed by atoms with Crippen LogP contribution in [0.1, 0.15) is 49.9 Å². The standard InChI is InChI=1S/C54H39NO4/c1-53(2)39-26-28-47-51(58-45-16-10-8-14-43(45)56-47)49(39)37-24-22-35(30-41(37)53)55(34-20-18-33(19-21-34)32-12-6-5-7-13-32)36-23-25-38-42(31-36)54(3,4)40-27-29-48-52(50(38)40)59-46-17-11-9-15-44(46)57-48/h5-31H,1-4H3. The zero-order valence-electron chi connectivity index (χ0n) is 33.2. The lowest BCUT2D eigenvalue weighted by Crippen LogP contribution is -2.18. The van der Waals surface area contributed by atoms with Gasteiger partial charge in [-0.1, -0.05) is 119 Å². The molecule has 0 fully saturated rings. The molecule has 0 unspecified atom stereocenters. The van der Waals surface area contributed by atoms with Gasteiger partial charge in [0, 0.05) is 39.0 Å². The molecule has 0 atom stereocenters. The smallest absolute Gasteiger partial charge is 0.178 e. The predicted molar refractivity (Wildman–Crippen MR) is 235 cm³/mol. The van der Waals surface area contributed by atoms with Crippen molar-refractivity contribution >= 4 is 17.1 Å². The number of ether oxygens (including phenoxy) is 4. The number of hydrogen-bond acceptors (Lipinski definition) is 5. The molecule has 284 valence electrons. The number of fused-ring (bicyclic) bond motifs is 12. The lowest BCUT2D eigenvalue weighted by molar-refractivity contribution is 0.360. The van der Waals surface area contributed by atoms with Gasteiger partial charge < -0.3 is 23.8 Å². The Balaban J connectivity index is 1.00. The summed E-state index contributed by atoms with van der Waals surface area (Å²) in [5, 5.41) is 0. The maximum absolute atomic E-state index is 6.62. The Kier molecular flexibility index (Phi) is 6.97. The lowest BCUT2D eigenvalue weighted by Gasteiger charge is -2.30. The largest absolute Gasteiger partial charge is 0.449 e. The number of hydrogen-bond donors (Lipinski definition) is 0. The monoisotopic (exact) mass is 765 g/mol. The summed E-state index contributed by atoms with van der Waals surface area (Å²) in [6.45, 7) is 9.24. The number of rotatable bonds is 4. The molecule has 8 aromatic rings. The Bertz CT molecular complexity index is 2890. The number of benzene rings is 8. The highest BCUT2D eigenvalue weighted by Gasteiger charge is 2.42. The second-order valence-corrected chi connectivity index (χ2v) is 16.9. The van der Waals surface area contributed by atoms with Crippen molar-refractivity contribution < 1.29 is 18.9 Å². The minimum Gasteiger partial charge on any atom is -0.449 e. The van der Waals surface area contributed by atoms with Gasteiger partial charge in [-0.3, -0.25) is 0 Å². The number of nitrogens with zero attached hydrogens (tertiary/aromatic N) is 1. The van der Waals surface area contributed by atoms with Gasteiger partial charge in [0.2, 0.25) is 0 Å². The van der Waals surface area contributed by atoms with Crippen LogP contribution < -0.4 is 23.8 Å². The van der Waals surface area contributed by atoms with Gasteiger partial charge in [0.25, 0.3) is 0 Å². The summed E-state index contributed by atoms with van der Waals surface area (Å²) in [4.78, 5) is 2.39. The van der Waals surface area contributed by atoms with Crippen LogP contribution in [0, 0.1) is 0 Å². The molecule has 0 N–H and O–H groups in total. The van der Waals surface area contributed by atoms with Crippen LogP contribution in [0.5, 0.6) is 46.0 Å². The van der Waals surface area contributed by atoms with Gasteiger partial charge in [0.1, 0.15) is 0 Å². The summed E-state index contributed by atoms with van der Waals surface area (Å²) >= 11 is 0. The van der Waals surface area contributed by atoms with E-state index in [1.807, 2.05) is 48.5 Å². The lowest BCUT2D eigenvalue weighted by atomic mass is 9.82. The second-order valence-electron chi connectivity index (χ2n) is 16.9. The highest BCUT2D eigenvalue weighted by molar-refractivity contribution is 5.93. The highest BCUT2D eigenvalue weighted by atomic mass is 16.6. The minimum absolute atomic E-state index is 0.291. The first kappa shape index (κ1) is 33.9. The van der Waals surface area contributed by atoms with Crippen LogP contribution in [-0.4, -0.2) is 0 Å². The van der Waals surface area contributed by atoms with E-state index >= 15 is 0 Å². The Morgan fingerprint density at radius 2 is 0.746 bits per heavy atom. The maximum Gasteiger partial charge on any atom is 0.178 e. The van der Waals surface area contributed by atoms with Gasteiger partial charge in [-0.2, -0.15) is 0 Å². The van der Waals surface area contributed by atoms with Crippen molar-refractivity contribution in [3.05, 3.63) is 186 Å². The van der Waals surface area contributed by atoms with Gasteiger partial charge in [0.15, 0.2) is 46.0 Å². The summed E-state index contributed by atoms with van der Waals surface area (Å²) < 4.78 is 26.0. The molecule has 2 aliphatic heterocycles. The van der Waals surface area contributed by atoms with Crippen LogP contribution in [0.15, 0.2) is 164 Å². The van der Waals surface area contributed by atoms with Crippen molar-refractivity contribution in [2.45, 2.75) is 38.5 Å². The van der Waals surface area contributed by atoms with Crippen LogP contribution in [-0.2, 0) is 10.8 Å². The maximum atomic E-state index is 6.62. The Hall–Kier alpha value is -7.24. The third-order valence-electron chi connectivity index (χ3n) is 12.8. The summed E-state index contributed by atoms with van der Waals surface area (Å²) in [6.07, 6.45) is 0. The van der Waals surface area contributed by atoms with Crippen molar-refractivity contribution in [2.75, 3.05) is 4.90 Å². The Labute approximate surface area is 343 Å². The third-order valence-corrected chi connectivity index (χ3v) is 12.8. The number of para-hydroxylation sites is 4. The molecule has 8 aromatic carbocycles. The zero-order valence-corrected chi connectivity index (χ0v) is 33.2. The van der Waals surface area contributed by atoms with Gasteiger partial charge in [-0.15, -0.1) is 0 Å². The van der Waals surface area contributed by atoms with E-state index in [-0.39, 0.29) is 10.8 Å². The fourth-order valence-electron chi connectivity index (χ4n) is 9.75. The average molecular weight is 766 g/mol. The minimum atomic E-state index is -0.291. The van der Waals surface area contributed by atoms with Gasteiger partial charge in [-0.25, -0.2) is 0 Å². The van der Waals surface area contributed by atoms with E-state index in [0.717, 1.165) is 85.3 Å². The molecule has 4 aliphatic rings. The van der Waals surface area contributed by atoms with Crippen molar-refractivity contribution in [3.63, 3.8) is 0 Å². The molecular formula is C54H39NO4. The van der Waals surface area contributed by atoms with Crippen molar-refractivity contribution in [3.8, 4) is 79.4 Å². The fourth-order valence-corrected chi connectivity index (χ4v) is 9.75. The van der Waals surface area contributed by atoms with Crippen LogP contribution in [0.4, 0.5) is 17.1 Å². The molecule has 0 aromatic heterocycles. The Morgan fingerprint density at radius 3 is 1.22 bits per heavy atom. The van der Waals surface area contributed by atoms with Gasteiger partial charge >= 0.3 is 0 Å². The SMILES string of the molecule is CC1(C)c2cc(N(c3ccc(-c4ccccc4)cc3)c3ccc4c(c3)C(C)(C)c3ccc5c(c3-4)Oc3ccccc3O5)ccc2-c2c1ccc1c2Oc2ccccc2O1. The van der Waals surface area contributed by atoms with E-state index in [1.54, 1.807) is 0 Å². The van der Waals surface area contributed by atoms with Crippen LogP contribution >= 0.6 is 0 Å². The predicted octanol–water partition coefficient (Wildman–Crippen LogP) is 15.2. The molecule has 5 nitrogen and oxygen atoms in total. The highest BCUT2D eigenvalue weighted by Crippen LogP contribution is 2.61. The number of anilines is 3. The van der Waals surface area contributed by atoms with E-state index < -0.39 is 0 Å². The molecule has 59 heavy (non-hydrogen) atoms. The van der Waals surface area contributed by atoms with E-state index in [9.17, 15) is 0 Å². The fraction of sp³-hybridized carbons (Fsp3) is 0.111. The first-order valence-electron chi connectivity index (χ1n) is 20.2. The second kappa shape index (κ2) is 12.1. The van der Waals surface area contributed by atoms with E-state index in [1.165, 1.54) is 33.4 Å². The Morgan fingerprint density at radius 1 is 0.339 bits per heavy atom. The first-order valence-corrected chi connectivity index (χ1v) is 20.2. The molecule has 0 spiro atoms. The van der Waals surface area contributed by atoms with Crippen molar-refractivity contribution in [1.82, 2.24) is 0 Å². The summed E-state index contributed by atoms with van der Waals surface area (Å²) in [6, 6.07) is 57.5. The molecular weight excluding hydrogens is 727 g/mol. The van der Waals surface area contributed by atoms with E-state index in [4.69, 9.17) is 18.9 Å². The van der Waals surface area contributed by atoms with E-state index in [2.05, 4.69) is 148 Å². The average Bonchev–Trinajstić information content (AvgIpc) is 3.64. The molecule has 0 radical (unpaired) electrons. The molecule has 0 saturated carbocycles. The summed E-state index contributed by atoms with van der Waals surface area (Å²) in [5.41, 5.74) is 14.4. The topological polar surface area (TPSA) is 40.2 Å². The summed E-state index contributed by atoms with van der Waals surface area (Å²) in [7, 11) is 0. The van der Waals surface area contributed by atoms with E-state index in [0.29, 0.717) is 0 Å². The van der Waals surface area contributed by atoms with Crippen LogP contribution in [0.3, 0.4) is 0 Å². The first-order chi connectivity index (χ1) is 28.7.